The van der Waals surface area contributed by atoms with Gasteiger partial charge in [0.1, 0.15) is 11.4 Å². The highest BCUT2D eigenvalue weighted by atomic mass is 16.2. The van der Waals surface area contributed by atoms with E-state index >= 15 is 0 Å². The number of para-hydroxylation sites is 1. The van der Waals surface area contributed by atoms with Crippen molar-refractivity contribution < 1.29 is 4.79 Å². The highest BCUT2D eigenvalue weighted by Gasteiger charge is 2.25. The molecule has 0 aliphatic carbocycles. The predicted molar refractivity (Wildman–Crippen MR) is 158 cm³/mol. The van der Waals surface area contributed by atoms with Gasteiger partial charge in [0.25, 0.3) is 11.5 Å². The van der Waals surface area contributed by atoms with E-state index < -0.39 is 11.9 Å². The summed E-state index contributed by atoms with van der Waals surface area (Å²) in [5, 5.41) is 7.59. The van der Waals surface area contributed by atoms with Gasteiger partial charge in [0.2, 0.25) is 0 Å². The smallest absolute Gasteiger partial charge is 0.267 e. The maximum atomic E-state index is 14.2. The standard InChI is InChI=1S/C31H30N8O2/c1-20(34-30(40)26-27(32)36-38-17-7-16-33-29(26)38)28-35-24-11-6-8-22(13-12-21-14-18-37(2)19-15-21)25(24)31(41)39(28)23-9-4-3-5-10-23/h3-11,16-17,20-21H,14-15,18-19H2,1-2H3,(H2,32,36)(H,34,40)/t20-/m0/s1. The van der Waals surface area contributed by atoms with Crippen LogP contribution >= 0.6 is 0 Å². The third-order valence-corrected chi connectivity index (χ3v) is 7.45. The molecule has 0 bridgehead atoms. The number of nitrogens with one attached hydrogen (secondary N) is 1. The Morgan fingerprint density at radius 1 is 1.10 bits per heavy atom. The fourth-order valence-electron chi connectivity index (χ4n) is 5.26. The largest absolute Gasteiger partial charge is 0.381 e. The second-order valence-corrected chi connectivity index (χ2v) is 10.3. The van der Waals surface area contributed by atoms with Crippen molar-refractivity contribution in [1.82, 2.24) is 34.4 Å². The first-order chi connectivity index (χ1) is 19.9. The van der Waals surface area contributed by atoms with Gasteiger partial charge in [0, 0.05) is 23.9 Å². The number of anilines is 1. The van der Waals surface area contributed by atoms with Gasteiger partial charge in [0.05, 0.1) is 22.6 Å². The molecule has 10 nitrogen and oxygen atoms in total. The van der Waals surface area contributed by atoms with E-state index in [1.54, 1.807) is 36.0 Å². The number of benzene rings is 2. The maximum absolute atomic E-state index is 14.2. The Hall–Kier alpha value is -5.01. The van der Waals surface area contributed by atoms with Crippen LogP contribution in [0, 0.1) is 17.8 Å². The zero-order valence-corrected chi connectivity index (χ0v) is 22.9. The van der Waals surface area contributed by atoms with Crippen LogP contribution in [0.2, 0.25) is 0 Å². The van der Waals surface area contributed by atoms with E-state index in [9.17, 15) is 9.59 Å². The summed E-state index contributed by atoms with van der Waals surface area (Å²) in [6.07, 6.45) is 5.26. The van der Waals surface area contributed by atoms with Gasteiger partial charge in [-0.25, -0.2) is 14.5 Å². The molecule has 206 valence electrons. The van der Waals surface area contributed by atoms with Crippen LogP contribution in [0.5, 0.6) is 0 Å². The van der Waals surface area contributed by atoms with Crippen LogP contribution in [0.25, 0.3) is 22.2 Å². The van der Waals surface area contributed by atoms with Crippen molar-refractivity contribution in [1.29, 1.82) is 0 Å². The molecule has 0 saturated carbocycles. The molecule has 2 aromatic carbocycles. The minimum atomic E-state index is -0.660. The van der Waals surface area contributed by atoms with Gasteiger partial charge in [-0.3, -0.25) is 14.2 Å². The van der Waals surface area contributed by atoms with Crippen molar-refractivity contribution in [3.63, 3.8) is 0 Å². The number of rotatable bonds is 4. The van der Waals surface area contributed by atoms with Crippen molar-refractivity contribution in [2.24, 2.45) is 5.92 Å². The Balaban J connectivity index is 1.43. The van der Waals surface area contributed by atoms with Gasteiger partial charge < -0.3 is 16.0 Å². The van der Waals surface area contributed by atoms with E-state index in [0.717, 1.165) is 25.9 Å². The van der Waals surface area contributed by atoms with Crippen LogP contribution in [-0.4, -0.2) is 55.1 Å². The van der Waals surface area contributed by atoms with Crippen LogP contribution in [0.4, 0.5) is 5.82 Å². The molecule has 1 atom stereocenters. The topological polar surface area (TPSA) is 123 Å². The molecule has 41 heavy (non-hydrogen) atoms. The van der Waals surface area contributed by atoms with E-state index in [1.165, 1.54) is 4.52 Å². The molecule has 1 fully saturated rings. The molecule has 5 aromatic rings. The molecule has 1 aliphatic heterocycles. The zero-order valence-electron chi connectivity index (χ0n) is 22.9. The lowest BCUT2D eigenvalue weighted by Crippen LogP contribution is -2.33. The molecule has 0 unspecified atom stereocenters. The summed E-state index contributed by atoms with van der Waals surface area (Å²) in [5.74, 6) is 6.97. The average Bonchev–Trinajstić information content (AvgIpc) is 3.32. The number of nitrogens with two attached hydrogens (primary N) is 1. The second kappa shape index (κ2) is 10.9. The fraction of sp³-hybridized carbons (Fsp3) is 0.258. The molecule has 6 rings (SSSR count). The molecule has 3 aromatic heterocycles. The number of amides is 1. The van der Waals surface area contributed by atoms with Crippen molar-refractivity contribution in [3.05, 3.63) is 94.3 Å². The molecule has 1 saturated heterocycles. The molecular formula is C31H30N8O2. The first-order valence-electron chi connectivity index (χ1n) is 13.6. The van der Waals surface area contributed by atoms with E-state index in [2.05, 4.69) is 39.2 Å². The molecule has 0 spiro atoms. The van der Waals surface area contributed by atoms with E-state index in [4.69, 9.17) is 10.7 Å². The van der Waals surface area contributed by atoms with Crippen molar-refractivity contribution >= 4 is 28.3 Å². The third-order valence-electron chi connectivity index (χ3n) is 7.45. The number of aromatic nitrogens is 5. The Morgan fingerprint density at radius 2 is 1.88 bits per heavy atom. The lowest BCUT2D eigenvalue weighted by atomic mass is 9.97. The predicted octanol–water partition coefficient (Wildman–Crippen LogP) is 3.19. The number of fused-ring (bicyclic) bond motifs is 2. The summed E-state index contributed by atoms with van der Waals surface area (Å²) in [6, 6.07) is 15.9. The molecule has 10 heteroatoms. The first-order valence-corrected chi connectivity index (χ1v) is 13.6. The summed E-state index contributed by atoms with van der Waals surface area (Å²) >= 11 is 0. The van der Waals surface area contributed by atoms with Gasteiger partial charge in [-0.15, -0.1) is 5.10 Å². The second-order valence-electron chi connectivity index (χ2n) is 10.3. The van der Waals surface area contributed by atoms with Crippen LogP contribution in [-0.2, 0) is 0 Å². The number of hydrogen-bond acceptors (Lipinski definition) is 7. The monoisotopic (exact) mass is 546 g/mol. The third kappa shape index (κ3) is 5.03. The lowest BCUT2D eigenvalue weighted by molar-refractivity contribution is 0.0940. The molecule has 4 heterocycles. The summed E-state index contributed by atoms with van der Waals surface area (Å²) in [5.41, 5.74) is 8.14. The van der Waals surface area contributed by atoms with Crippen molar-refractivity contribution in [2.75, 3.05) is 25.9 Å². The van der Waals surface area contributed by atoms with Crippen molar-refractivity contribution in [2.45, 2.75) is 25.8 Å². The number of carbonyl (C=O) groups is 1. The molecule has 1 amide bonds. The van der Waals surface area contributed by atoms with Crippen LogP contribution in [0.1, 0.15) is 47.6 Å². The van der Waals surface area contributed by atoms with Gasteiger partial charge in [-0.2, -0.15) is 0 Å². The summed E-state index contributed by atoms with van der Waals surface area (Å²) in [7, 11) is 2.12. The fourth-order valence-corrected chi connectivity index (χ4v) is 5.26. The number of nitrogens with zero attached hydrogens (tertiary/aromatic N) is 6. The minimum absolute atomic E-state index is 0.0631. The molecule has 1 aliphatic rings. The number of likely N-dealkylation sites (tertiary alicyclic amines) is 1. The lowest BCUT2D eigenvalue weighted by Gasteiger charge is -2.25. The highest BCUT2D eigenvalue weighted by molar-refractivity contribution is 6.04. The molecule has 3 N–H and O–H groups in total. The van der Waals surface area contributed by atoms with Crippen molar-refractivity contribution in [3.8, 4) is 17.5 Å². The van der Waals surface area contributed by atoms with E-state index in [-0.39, 0.29) is 16.9 Å². The number of hydrogen-bond donors (Lipinski definition) is 2. The van der Waals surface area contributed by atoms with Gasteiger partial charge in [0.15, 0.2) is 11.5 Å². The number of nitrogen functional groups attached to an aromatic ring is 1. The first kappa shape index (κ1) is 26.2. The normalized spacial score (nSPS) is 15.0. The van der Waals surface area contributed by atoms with E-state index in [1.807, 2.05) is 42.5 Å². The van der Waals surface area contributed by atoms with E-state index in [0.29, 0.717) is 39.5 Å². The quantitative estimate of drug-likeness (QED) is 0.332. The highest BCUT2D eigenvalue weighted by Crippen LogP contribution is 2.22. The SMILES string of the molecule is C[C@H](NC(=O)c1c(N)nn2cccnc12)c1nc2cccc(C#CC3CCN(C)CC3)c2c(=O)n1-c1ccccc1. The average molecular weight is 547 g/mol. The Kier molecular flexibility index (Phi) is 6.95. The summed E-state index contributed by atoms with van der Waals surface area (Å²) in [4.78, 5) is 39.1. The summed E-state index contributed by atoms with van der Waals surface area (Å²) in [6.45, 7) is 3.81. The number of piperidine rings is 1. The maximum Gasteiger partial charge on any atom is 0.267 e. The van der Waals surface area contributed by atoms with Crippen LogP contribution in [0.15, 0.2) is 71.8 Å². The number of carbonyl (C=O) groups excluding carboxylic acids is 1. The minimum Gasteiger partial charge on any atom is -0.381 e. The van der Waals surface area contributed by atoms with Gasteiger partial charge in [-0.05, 0) is 70.2 Å². The molecule has 0 radical (unpaired) electrons. The zero-order chi connectivity index (χ0) is 28.5. The van der Waals surface area contributed by atoms with Gasteiger partial charge in [-0.1, -0.05) is 36.1 Å². The van der Waals surface area contributed by atoms with Gasteiger partial charge >= 0.3 is 0 Å². The Labute approximate surface area is 236 Å². The Morgan fingerprint density at radius 3 is 2.66 bits per heavy atom. The summed E-state index contributed by atoms with van der Waals surface area (Å²) < 4.78 is 3.00. The molecular weight excluding hydrogens is 516 g/mol. The van der Waals surface area contributed by atoms with Crippen LogP contribution in [0.3, 0.4) is 0 Å². The van der Waals surface area contributed by atoms with Crippen LogP contribution < -0.4 is 16.6 Å². The Bertz CT molecular complexity index is 1880.